The summed E-state index contributed by atoms with van der Waals surface area (Å²) in [7, 11) is 0. The van der Waals surface area contributed by atoms with Crippen LogP contribution in [0.5, 0.6) is 0 Å². The number of benzene rings is 1. The summed E-state index contributed by atoms with van der Waals surface area (Å²) in [6, 6.07) is 4.71. The molecule has 1 aromatic carbocycles. The maximum Gasteiger partial charge on any atom is 0.292 e. The maximum absolute atomic E-state index is 10.6. The van der Waals surface area contributed by atoms with E-state index < -0.39 is 4.92 Å². The highest BCUT2D eigenvalue weighted by molar-refractivity contribution is 5.65. The van der Waals surface area contributed by atoms with E-state index in [0.717, 1.165) is 5.69 Å². The van der Waals surface area contributed by atoms with Crippen LogP contribution in [0.3, 0.4) is 0 Å². The molecule has 17 heavy (non-hydrogen) atoms. The molecule has 1 rings (SSSR count). The fourth-order valence-electron chi connectivity index (χ4n) is 1.43. The molecule has 1 aromatic rings. The van der Waals surface area contributed by atoms with Gasteiger partial charge < -0.3 is 15.8 Å². The van der Waals surface area contributed by atoms with Gasteiger partial charge in [-0.05, 0) is 26.0 Å². The number of anilines is 2. The molecule has 3 N–H and O–H groups in total. The van der Waals surface area contributed by atoms with Gasteiger partial charge in [-0.2, -0.15) is 0 Å². The quantitative estimate of drug-likeness (QED) is 0.450. The highest BCUT2D eigenvalue weighted by Crippen LogP contribution is 2.24. The normalized spacial score (nSPS) is 12.1. The lowest BCUT2D eigenvalue weighted by Crippen LogP contribution is -2.21. The Balaban J connectivity index is 2.67. The number of nitrogen functional groups attached to an aromatic ring is 1. The van der Waals surface area contributed by atoms with E-state index in [0.29, 0.717) is 13.2 Å². The van der Waals surface area contributed by atoms with Crippen LogP contribution in [0.2, 0.25) is 0 Å². The lowest BCUT2D eigenvalue weighted by atomic mass is 10.2. The second-order valence-corrected chi connectivity index (χ2v) is 3.74. The second kappa shape index (κ2) is 6.05. The number of nitrogens with two attached hydrogens (primary N) is 1. The molecule has 0 aliphatic rings. The van der Waals surface area contributed by atoms with Crippen LogP contribution in [0.25, 0.3) is 0 Å². The van der Waals surface area contributed by atoms with Gasteiger partial charge in [-0.25, -0.2) is 0 Å². The first kappa shape index (κ1) is 13.2. The third-order valence-electron chi connectivity index (χ3n) is 2.21. The van der Waals surface area contributed by atoms with Crippen LogP contribution in [0.1, 0.15) is 13.8 Å². The molecule has 0 spiro atoms. The Morgan fingerprint density at radius 3 is 2.82 bits per heavy atom. The van der Waals surface area contributed by atoms with E-state index in [4.69, 9.17) is 10.5 Å². The molecule has 0 saturated heterocycles. The number of nitrogens with zero attached hydrogens (tertiary/aromatic N) is 1. The molecule has 1 atom stereocenters. The standard InChI is InChI=1S/C11H17N3O3/c1-3-17-7-8(2)13-9-4-5-11(14(15)16)10(12)6-9/h4-6,8,13H,3,7,12H2,1-2H3. The Hall–Kier alpha value is -1.82. The summed E-state index contributed by atoms with van der Waals surface area (Å²) in [4.78, 5) is 10.1. The van der Waals surface area contributed by atoms with Crippen molar-refractivity contribution in [3.8, 4) is 0 Å². The number of nitro groups is 1. The van der Waals surface area contributed by atoms with Crippen LogP contribution in [-0.4, -0.2) is 24.2 Å². The monoisotopic (exact) mass is 239 g/mol. The van der Waals surface area contributed by atoms with Crippen molar-refractivity contribution in [1.29, 1.82) is 0 Å². The van der Waals surface area contributed by atoms with E-state index in [9.17, 15) is 10.1 Å². The van der Waals surface area contributed by atoms with Gasteiger partial charge in [0.1, 0.15) is 5.69 Å². The zero-order valence-corrected chi connectivity index (χ0v) is 9.97. The first-order valence-electron chi connectivity index (χ1n) is 5.42. The van der Waals surface area contributed by atoms with Crippen molar-refractivity contribution in [2.75, 3.05) is 24.3 Å². The number of hydrogen-bond acceptors (Lipinski definition) is 5. The van der Waals surface area contributed by atoms with Gasteiger partial charge in [-0.15, -0.1) is 0 Å². The maximum atomic E-state index is 10.6. The third-order valence-corrected chi connectivity index (χ3v) is 2.21. The van der Waals surface area contributed by atoms with Gasteiger partial charge in [0.25, 0.3) is 5.69 Å². The first-order chi connectivity index (χ1) is 8.04. The van der Waals surface area contributed by atoms with Crippen LogP contribution in [0.4, 0.5) is 17.1 Å². The molecule has 6 nitrogen and oxygen atoms in total. The lowest BCUT2D eigenvalue weighted by Gasteiger charge is -2.15. The highest BCUT2D eigenvalue weighted by atomic mass is 16.6. The van der Waals surface area contributed by atoms with Crippen molar-refractivity contribution in [3.05, 3.63) is 28.3 Å². The molecule has 0 amide bonds. The Bertz CT molecular complexity index is 396. The summed E-state index contributed by atoms with van der Waals surface area (Å²) >= 11 is 0. The number of ether oxygens (including phenoxy) is 1. The van der Waals surface area contributed by atoms with Crippen LogP contribution in [-0.2, 0) is 4.74 Å². The van der Waals surface area contributed by atoms with Crippen molar-refractivity contribution >= 4 is 17.1 Å². The van der Waals surface area contributed by atoms with Crippen LogP contribution in [0, 0.1) is 10.1 Å². The van der Waals surface area contributed by atoms with E-state index >= 15 is 0 Å². The molecule has 94 valence electrons. The van der Waals surface area contributed by atoms with Gasteiger partial charge >= 0.3 is 0 Å². The molecule has 0 heterocycles. The zero-order chi connectivity index (χ0) is 12.8. The Morgan fingerprint density at radius 2 is 2.29 bits per heavy atom. The SMILES string of the molecule is CCOCC(C)Nc1ccc([N+](=O)[O-])c(N)c1. The first-order valence-corrected chi connectivity index (χ1v) is 5.42. The van der Waals surface area contributed by atoms with Crippen LogP contribution < -0.4 is 11.1 Å². The van der Waals surface area contributed by atoms with E-state index in [2.05, 4.69) is 5.32 Å². The molecule has 0 aromatic heterocycles. The summed E-state index contributed by atoms with van der Waals surface area (Å²) in [5, 5.41) is 13.7. The van der Waals surface area contributed by atoms with Crippen LogP contribution in [0.15, 0.2) is 18.2 Å². The average molecular weight is 239 g/mol. The van der Waals surface area contributed by atoms with Crippen molar-refractivity contribution in [3.63, 3.8) is 0 Å². The summed E-state index contributed by atoms with van der Waals surface area (Å²) in [5.41, 5.74) is 6.42. The minimum Gasteiger partial charge on any atom is -0.393 e. The molecule has 0 aliphatic carbocycles. The van der Waals surface area contributed by atoms with Gasteiger partial charge in [0, 0.05) is 24.4 Å². The predicted molar refractivity (Wildman–Crippen MR) is 67.1 cm³/mol. The van der Waals surface area contributed by atoms with E-state index in [1.165, 1.54) is 6.07 Å². The number of rotatable bonds is 6. The topological polar surface area (TPSA) is 90.4 Å². The fourth-order valence-corrected chi connectivity index (χ4v) is 1.43. The summed E-state index contributed by atoms with van der Waals surface area (Å²) < 4.78 is 5.26. The second-order valence-electron chi connectivity index (χ2n) is 3.74. The molecule has 0 bridgehead atoms. The molecular weight excluding hydrogens is 222 g/mol. The van der Waals surface area contributed by atoms with E-state index in [1.54, 1.807) is 12.1 Å². The summed E-state index contributed by atoms with van der Waals surface area (Å²) in [6.45, 7) is 5.13. The van der Waals surface area contributed by atoms with Gasteiger partial charge in [0.15, 0.2) is 0 Å². The molecule has 6 heteroatoms. The molecular formula is C11H17N3O3. The van der Waals surface area contributed by atoms with Crippen molar-refractivity contribution < 1.29 is 9.66 Å². The Morgan fingerprint density at radius 1 is 1.59 bits per heavy atom. The molecule has 0 aliphatic heterocycles. The van der Waals surface area contributed by atoms with Gasteiger partial charge in [0.2, 0.25) is 0 Å². The smallest absolute Gasteiger partial charge is 0.292 e. The summed E-state index contributed by atoms with van der Waals surface area (Å²) in [5.74, 6) is 0. The molecule has 0 radical (unpaired) electrons. The zero-order valence-electron chi connectivity index (χ0n) is 9.97. The van der Waals surface area contributed by atoms with E-state index in [-0.39, 0.29) is 17.4 Å². The highest BCUT2D eigenvalue weighted by Gasteiger charge is 2.11. The third kappa shape index (κ3) is 3.92. The number of nitro benzene ring substituents is 1. The summed E-state index contributed by atoms with van der Waals surface area (Å²) in [6.07, 6.45) is 0. The lowest BCUT2D eigenvalue weighted by molar-refractivity contribution is -0.383. The average Bonchev–Trinajstić information content (AvgIpc) is 2.26. The predicted octanol–water partition coefficient (Wildman–Crippen LogP) is 2.01. The molecule has 0 fully saturated rings. The molecule has 0 saturated carbocycles. The minimum absolute atomic E-state index is 0.0759. The fraction of sp³-hybridized carbons (Fsp3) is 0.455. The van der Waals surface area contributed by atoms with E-state index in [1.807, 2.05) is 13.8 Å². The number of nitrogens with one attached hydrogen (secondary N) is 1. The van der Waals surface area contributed by atoms with Crippen molar-refractivity contribution in [1.82, 2.24) is 0 Å². The Labute approximate surface area is 99.9 Å². The Kier molecular flexibility index (Phi) is 4.71. The minimum atomic E-state index is -0.497. The van der Waals surface area contributed by atoms with Crippen molar-refractivity contribution in [2.45, 2.75) is 19.9 Å². The van der Waals surface area contributed by atoms with Gasteiger partial charge in [-0.3, -0.25) is 10.1 Å². The largest absolute Gasteiger partial charge is 0.393 e. The van der Waals surface area contributed by atoms with Gasteiger partial charge in [-0.1, -0.05) is 0 Å². The van der Waals surface area contributed by atoms with Crippen molar-refractivity contribution in [2.24, 2.45) is 0 Å². The number of hydrogen-bond donors (Lipinski definition) is 2. The molecule has 1 unspecified atom stereocenters. The van der Waals surface area contributed by atoms with Crippen LogP contribution >= 0.6 is 0 Å². The van der Waals surface area contributed by atoms with Gasteiger partial charge in [0.05, 0.1) is 11.5 Å².